The number of hydrogen-bond acceptors (Lipinski definition) is 8. The number of rotatable bonds is 48. The van der Waals surface area contributed by atoms with Gasteiger partial charge in [0.2, 0.25) is 0 Å². The number of carboxylic acids is 1. The number of hydrogen-bond donors (Lipinski definition) is 3. The van der Waals surface area contributed by atoms with Gasteiger partial charge in [-0.3, -0.25) is 18.6 Å². The summed E-state index contributed by atoms with van der Waals surface area (Å²) in [5.41, 5.74) is 5.37. The highest BCUT2D eigenvalue weighted by atomic mass is 31.2. The Kier molecular flexibility index (Phi) is 46.9. The number of carbonyl (C=O) groups is 2. The van der Waals surface area contributed by atoms with Crippen molar-refractivity contribution in [1.82, 2.24) is 0 Å². The highest BCUT2D eigenvalue weighted by molar-refractivity contribution is 7.47. The van der Waals surface area contributed by atoms with E-state index in [4.69, 9.17) is 29.4 Å². The predicted molar refractivity (Wildman–Crippen MR) is 272 cm³/mol. The Labute approximate surface area is 397 Å². The van der Waals surface area contributed by atoms with Crippen molar-refractivity contribution in [3.63, 3.8) is 0 Å². The van der Waals surface area contributed by atoms with Gasteiger partial charge in [-0.1, -0.05) is 195 Å². The smallest absolute Gasteiger partial charge is 0.472 e. The van der Waals surface area contributed by atoms with Crippen molar-refractivity contribution in [2.24, 2.45) is 5.73 Å². The van der Waals surface area contributed by atoms with Crippen LogP contribution in [-0.2, 0) is 32.7 Å². The molecule has 4 N–H and O–H groups in total. The molecule has 0 rings (SSSR count). The molecule has 11 heteroatoms. The molecule has 0 aliphatic rings. The average molecular weight is 932 g/mol. The minimum atomic E-state index is -4.64. The first-order valence-electron chi connectivity index (χ1n) is 25.6. The molecule has 0 fully saturated rings. The van der Waals surface area contributed by atoms with Gasteiger partial charge in [0, 0.05) is 13.0 Å². The van der Waals surface area contributed by atoms with Crippen LogP contribution in [0, 0.1) is 0 Å². The van der Waals surface area contributed by atoms with Crippen LogP contribution in [0.4, 0.5) is 0 Å². The number of carboxylic acid groups (broad SMARTS) is 1. The molecule has 0 saturated carbocycles. The van der Waals surface area contributed by atoms with Crippen LogP contribution in [-0.4, -0.2) is 60.5 Å². The highest BCUT2D eigenvalue weighted by Crippen LogP contribution is 2.43. The van der Waals surface area contributed by atoms with Crippen LogP contribution < -0.4 is 5.73 Å². The van der Waals surface area contributed by atoms with Crippen LogP contribution in [0.25, 0.3) is 0 Å². The van der Waals surface area contributed by atoms with Crippen molar-refractivity contribution in [1.29, 1.82) is 0 Å². The molecule has 0 heterocycles. The number of aliphatic carboxylic acids is 1. The van der Waals surface area contributed by atoms with Crippen molar-refractivity contribution in [2.45, 2.75) is 219 Å². The van der Waals surface area contributed by atoms with Gasteiger partial charge in [0.1, 0.15) is 12.1 Å². The van der Waals surface area contributed by atoms with Crippen LogP contribution in [0.1, 0.15) is 206 Å². The van der Waals surface area contributed by atoms with Crippen molar-refractivity contribution in [2.75, 3.05) is 26.4 Å². The Bertz CT molecular complexity index is 1360. The van der Waals surface area contributed by atoms with Gasteiger partial charge in [-0.25, -0.2) is 4.57 Å². The van der Waals surface area contributed by atoms with Gasteiger partial charge in [0.25, 0.3) is 0 Å². The minimum Gasteiger partial charge on any atom is -0.480 e. The van der Waals surface area contributed by atoms with E-state index in [1.807, 2.05) is 0 Å². The Hall–Kier alpha value is -2.85. The quantitative estimate of drug-likeness (QED) is 0.0232. The number of phosphoric ester groups is 1. The predicted octanol–water partition coefficient (Wildman–Crippen LogP) is 15.1. The van der Waals surface area contributed by atoms with Gasteiger partial charge < -0.3 is 25.2 Å². The first-order valence-corrected chi connectivity index (χ1v) is 27.1. The second kappa shape index (κ2) is 49.1. The Morgan fingerprint density at radius 1 is 0.508 bits per heavy atom. The molecule has 0 saturated heterocycles. The van der Waals surface area contributed by atoms with E-state index in [1.54, 1.807) is 0 Å². The van der Waals surface area contributed by atoms with E-state index in [-0.39, 0.29) is 13.0 Å². The molecule has 0 aromatic heterocycles. The maximum absolute atomic E-state index is 12.7. The summed E-state index contributed by atoms with van der Waals surface area (Å²) in [6.45, 7) is 3.74. The summed E-state index contributed by atoms with van der Waals surface area (Å²) in [5.74, 6) is -1.81. The molecule has 0 aliphatic heterocycles. The number of esters is 1. The maximum atomic E-state index is 12.7. The molecular formula is C54H94NO9P. The number of nitrogens with two attached hydrogens (primary N) is 1. The fourth-order valence-electron chi connectivity index (χ4n) is 6.72. The maximum Gasteiger partial charge on any atom is 0.472 e. The molecule has 0 aromatic carbocycles. The number of allylic oxidation sites excluding steroid dienone is 14. The lowest BCUT2D eigenvalue weighted by Gasteiger charge is -2.20. The van der Waals surface area contributed by atoms with Crippen molar-refractivity contribution < 1.29 is 42.7 Å². The highest BCUT2D eigenvalue weighted by Gasteiger charge is 2.27. The molecule has 0 amide bonds. The lowest BCUT2D eigenvalue weighted by atomic mass is 10.1. The van der Waals surface area contributed by atoms with Crippen molar-refractivity contribution >= 4 is 19.8 Å². The summed E-state index contributed by atoms with van der Waals surface area (Å²) in [5, 5.41) is 8.93. The summed E-state index contributed by atoms with van der Waals surface area (Å²) in [7, 11) is -4.64. The molecule has 374 valence electrons. The van der Waals surface area contributed by atoms with Crippen LogP contribution in [0.2, 0.25) is 0 Å². The molecule has 3 atom stereocenters. The third-order valence-corrected chi connectivity index (χ3v) is 11.6. The Morgan fingerprint density at radius 2 is 0.892 bits per heavy atom. The Balaban J connectivity index is 4.23. The van der Waals surface area contributed by atoms with Crippen LogP contribution in [0.3, 0.4) is 0 Å². The molecule has 10 nitrogen and oxygen atoms in total. The van der Waals surface area contributed by atoms with E-state index in [1.165, 1.54) is 96.3 Å². The zero-order valence-corrected chi connectivity index (χ0v) is 42.0. The summed E-state index contributed by atoms with van der Waals surface area (Å²) in [6.07, 6.45) is 63.5. The molecule has 0 aromatic rings. The summed E-state index contributed by atoms with van der Waals surface area (Å²) in [6, 6.07) is -1.48. The third kappa shape index (κ3) is 48.9. The van der Waals surface area contributed by atoms with Gasteiger partial charge in [-0.15, -0.1) is 0 Å². The molecule has 3 unspecified atom stereocenters. The largest absolute Gasteiger partial charge is 0.480 e. The second-order valence-electron chi connectivity index (χ2n) is 16.9. The summed E-state index contributed by atoms with van der Waals surface area (Å²) < 4.78 is 33.5. The van der Waals surface area contributed by atoms with Gasteiger partial charge in [-0.05, 0) is 89.9 Å². The minimum absolute atomic E-state index is 0.00124. The average Bonchev–Trinajstić information content (AvgIpc) is 3.29. The van der Waals surface area contributed by atoms with Gasteiger partial charge in [0.05, 0.1) is 19.8 Å². The topological polar surface area (TPSA) is 155 Å². The van der Waals surface area contributed by atoms with E-state index >= 15 is 0 Å². The van der Waals surface area contributed by atoms with Gasteiger partial charge >= 0.3 is 19.8 Å². The van der Waals surface area contributed by atoms with E-state index in [9.17, 15) is 19.0 Å². The monoisotopic (exact) mass is 932 g/mol. The van der Waals surface area contributed by atoms with Crippen molar-refractivity contribution in [3.8, 4) is 0 Å². The first-order chi connectivity index (χ1) is 31.7. The number of unbranched alkanes of at least 4 members (excludes halogenated alkanes) is 20. The van der Waals surface area contributed by atoms with E-state index < -0.39 is 45.1 Å². The SMILES string of the molecule is CC/C=C\C/C=C\C/C=C\C/C=C\C/C=C\C/C=C\CCCCCCC(=O)OC(COCCCCCCCCCCCC/C=C\CCCCCCCC)COP(=O)(O)OCC(N)C(=O)O. The molecule has 0 radical (unpaired) electrons. The molecule has 65 heavy (non-hydrogen) atoms. The van der Waals surface area contributed by atoms with Crippen molar-refractivity contribution in [3.05, 3.63) is 85.1 Å². The van der Waals surface area contributed by atoms with Gasteiger partial charge in [-0.2, -0.15) is 0 Å². The fraction of sp³-hybridized carbons (Fsp3) is 0.704. The zero-order valence-electron chi connectivity index (χ0n) is 41.1. The molecule has 0 spiro atoms. The number of ether oxygens (including phenoxy) is 2. The molecule has 0 aliphatic carbocycles. The second-order valence-corrected chi connectivity index (χ2v) is 18.4. The van der Waals surface area contributed by atoms with E-state index in [0.29, 0.717) is 13.0 Å². The van der Waals surface area contributed by atoms with E-state index in [0.717, 1.165) is 83.5 Å². The van der Waals surface area contributed by atoms with Crippen LogP contribution >= 0.6 is 7.82 Å². The zero-order chi connectivity index (χ0) is 47.6. The molecular weight excluding hydrogens is 838 g/mol. The normalized spacial score (nSPS) is 14.4. The molecule has 0 bridgehead atoms. The van der Waals surface area contributed by atoms with Gasteiger partial charge in [0.15, 0.2) is 0 Å². The lowest BCUT2D eigenvalue weighted by Crippen LogP contribution is -2.34. The number of phosphoric acid groups is 1. The fourth-order valence-corrected chi connectivity index (χ4v) is 7.50. The summed E-state index contributed by atoms with van der Waals surface area (Å²) in [4.78, 5) is 33.7. The third-order valence-electron chi connectivity index (χ3n) is 10.7. The standard InChI is InChI=1S/C54H94NO9P/c1-3-5-7-9-11-13-15-17-19-21-23-25-26-27-28-30-32-34-36-38-40-42-44-46-53(56)64-51(49-62-65(59,60)63-50-52(55)54(57)58)48-61-47-45-43-41-39-37-35-33-31-29-24-22-20-18-16-14-12-10-8-6-4-2/h5,7,11,13,17-20,23,25,27-28,32,34,51-52H,3-4,6,8-10,12,14-16,21-22,24,26,29-31,33,35-50,55H2,1-2H3,(H,57,58)(H,59,60)/b7-5-,13-11-,19-17-,20-18-,25-23-,28-27-,34-32-. The lowest BCUT2D eigenvalue weighted by molar-refractivity contribution is -0.154. The first kappa shape index (κ1) is 62.1. The van der Waals surface area contributed by atoms with Crippen LogP contribution in [0.15, 0.2) is 85.1 Å². The van der Waals surface area contributed by atoms with Crippen LogP contribution in [0.5, 0.6) is 0 Å². The Morgan fingerprint density at radius 3 is 1.35 bits per heavy atom. The summed E-state index contributed by atoms with van der Waals surface area (Å²) >= 11 is 0. The van der Waals surface area contributed by atoms with E-state index in [2.05, 4.69) is 98.9 Å². The number of carbonyl (C=O) groups excluding carboxylic acids is 1.